The molecule has 0 bridgehead atoms. The van der Waals surface area contributed by atoms with E-state index in [1.165, 1.54) is 6.07 Å². The second-order valence-electron chi connectivity index (χ2n) is 4.75. The van der Waals surface area contributed by atoms with Gasteiger partial charge in [0.25, 0.3) is 5.91 Å². The number of ether oxygens (including phenoxy) is 1. The van der Waals surface area contributed by atoms with Crippen LogP contribution in [0.25, 0.3) is 11.0 Å². The van der Waals surface area contributed by atoms with Crippen LogP contribution in [0.4, 0.5) is 0 Å². The number of benzene rings is 1. The molecule has 110 valence electrons. The summed E-state index contributed by atoms with van der Waals surface area (Å²) in [5.74, 6) is 2.33. The molecule has 5 nitrogen and oxygen atoms in total. The number of thioether (sulfide) groups is 1. The highest BCUT2D eigenvalue weighted by Crippen LogP contribution is 2.24. The minimum absolute atomic E-state index is 0.113. The Morgan fingerprint density at radius 3 is 2.76 bits per heavy atom. The van der Waals surface area contributed by atoms with Crippen LogP contribution in [-0.4, -0.2) is 42.5 Å². The zero-order chi connectivity index (χ0) is 14.8. The highest BCUT2D eigenvalue weighted by Gasteiger charge is 2.21. The standard InChI is InChI=1S/C15H15NO4S/c1-19-10-2-3-11-12(9-14(17)20-13(11)8-10)15(18)16-4-6-21-7-5-16/h2-3,8-9H,4-7H2,1H3. The Morgan fingerprint density at radius 1 is 1.29 bits per heavy atom. The maximum Gasteiger partial charge on any atom is 0.337 e. The Balaban J connectivity index is 2.08. The van der Waals surface area contributed by atoms with E-state index in [2.05, 4.69) is 0 Å². The van der Waals surface area contributed by atoms with Crippen molar-refractivity contribution in [2.45, 2.75) is 0 Å². The molecule has 2 heterocycles. The van der Waals surface area contributed by atoms with Crippen LogP contribution >= 0.6 is 11.8 Å². The third kappa shape index (κ3) is 2.76. The highest BCUT2D eigenvalue weighted by molar-refractivity contribution is 7.99. The molecule has 1 saturated heterocycles. The number of nitrogens with zero attached hydrogens (tertiary/aromatic N) is 1. The fourth-order valence-corrected chi connectivity index (χ4v) is 3.29. The number of amides is 1. The fraction of sp³-hybridized carbons (Fsp3) is 0.333. The van der Waals surface area contributed by atoms with Gasteiger partial charge in [-0.25, -0.2) is 4.79 Å². The molecule has 1 amide bonds. The average Bonchev–Trinajstić information content (AvgIpc) is 2.53. The summed E-state index contributed by atoms with van der Waals surface area (Å²) in [4.78, 5) is 26.1. The van der Waals surface area contributed by atoms with E-state index in [0.29, 0.717) is 35.4 Å². The molecule has 0 unspecified atom stereocenters. The van der Waals surface area contributed by atoms with Crippen molar-refractivity contribution in [3.63, 3.8) is 0 Å². The lowest BCUT2D eigenvalue weighted by Crippen LogP contribution is -2.38. The SMILES string of the molecule is COc1ccc2c(C(=O)N3CCSCC3)cc(=O)oc2c1. The quantitative estimate of drug-likeness (QED) is 0.794. The Labute approximate surface area is 125 Å². The smallest absolute Gasteiger partial charge is 0.337 e. The van der Waals surface area contributed by atoms with Gasteiger partial charge in [-0.05, 0) is 12.1 Å². The van der Waals surface area contributed by atoms with Crippen molar-refractivity contribution in [3.8, 4) is 5.75 Å². The minimum atomic E-state index is -0.523. The van der Waals surface area contributed by atoms with Crippen LogP contribution in [0.3, 0.4) is 0 Å². The first kappa shape index (κ1) is 14.0. The largest absolute Gasteiger partial charge is 0.497 e. The van der Waals surface area contributed by atoms with Gasteiger partial charge in [-0.2, -0.15) is 11.8 Å². The van der Waals surface area contributed by atoms with Crippen molar-refractivity contribution in [3.05, 3.63) is 40.2 Å². The number of rotatable bonds is 2. The third-order valence-corrected chi connectivity index (χ3v) is 4.42. The number of methoxy groups -OCH3 is 1. The van der Waals surface area contributed by atoms with Crippen molar-refractivity contribution < 1.29 is 13.9 Å². The van der Waals surface area contributed by atoms with E-state index in [1.54, 1.807) is 30.2 Å². The summed E-state index contributed by atoms with van der Waals surface area (Å²) < 4.78 is 10.3. The van der Waals surface area contributed by atoms with Crippen molar-refractivity contribution >= 4 is 28.6 Å². The van der Waals surface area contributed by atoms with Gasteiger partial charge in [0.2, 0.25) is 0 Å². The maximum absolute atomic E-state index is 12.6. The van der Waals surface area contributed by atoms with Crippen molar-refractivity contribution in [1.29, 1.82) is 0 Å². The van der Waals surface area contributed by atoms with Gasteiger partial charge in [0.15, 0.2) is 0 Å². The van der Waals surface area contributed by atoms with Crippen LogP contribution in [0.15, 0.2) is 33.5 Å². The molecule has 0 spiro atoms. The Kier molecular flexibility index (Phi) is 3.88. The molecule has 21 heavy (non-hydrogen) atoms. The van der Waals surface area contributed by atoms with Crippen LogP contribution in [-0.2, 0) is 0 Å². The molecule has 0 saturated carbocycles. The lowest BCUT2D eigenvalue weighted by atomic mass is 10.1. The van der Waals surface area contributed by atoms with Gasteiger partial charge < -0.3 is 14.1 Å². The molecule has 1 fully saturated rings. The second kappa shape index (κ2) is 5.81. The maximum atomic E-state index is 12.6. The molecule has 1 aliphatic rings. The molecule has 1 aromatic carbocycles. The van der Waals surface area contributed by atoms with Crippen molar-refractivity contribution in [2.24, 2.45) is 0 Å². The van der Waals surface area contributed by atoms with Gasteiger partial charge in [-0.15, -0.1) is 0 Å². The van der Waals surface area contributed by atoms with Crippen LogP contribution in [0, 0.1) is 0 Å². The van der Waals surface area contributed by atoms with E-state index in [1.807, 2.05) is 11.8 Å². The normalized spacial score (nSPS) is 15.2. The minimum Gasteiger partial charge on any atom is -0.497 e. The van der Waals surface area contributed by atoms with Gasteiger partial charge >= 0.3 is 5.63 Å². The Hall–Kier alpha value is -1.95. The van der Waals surface area contributed by atoms with Crippen molar-refractivity contribution in [1.82, 2.24) is 4.90 Å². The molecule has 0 aliphatic carbocycles. The monoisotopic (exact) mass is 305 g/mol. The number of hydrogen-bond donors (Lipinski definition) is 0. The number of carbonyl (C=O) groups excluding carboxylic acids is 1. The summed E-state index contributed by atoms with van der Waals surface area (Å²) in [6.45, 7) is 1.42. The van der Waals surface area contributed by atoms with E-state index in [0.717, 1.165) is 11.5 Å². The van der Waals surface area contributed by atoms with E-state index >= 15 is 0 Å². The summed E-state index contributed by atoms with van der Waals surface area (Å²) in [5.41, 5.74) is 0.248. The first-order valence-corrected chi connectivity index (χ1v) is 7.83. The average molecular weight is 305 g/mol. The lowest BCUT2D eigenvalue weighted by molar-refractivity contribution is 0.0773. The predicted molar refractivity (Wildman–Crippen MR) is 82.3 cm³/mol. The number of carbonyl (C=O) groups is 1. The summed E-state index contributed by atoms with van der Waals surface area (Å²) in [6.07, 6.45) is 0. The van der Waals surface area contributed by atoms with Crippen LogP contribution in [0.2, 0.25) is 0 Å². The zero-order valence-electron chi connectivity index (χ0n) is 11.6. The summed E-state index contributed by atoms with van der Waals surface area (Å²) in [5, 5.41) is 0.638. The molecule has 1 aliphatic heterocycles. The Morgan fingerprint density at radius 2 is 2.05 bits per heavy atom. The first-order valence-electron chi connectivity index (χ1n) is 6.68. The van der Waals surface area contributed by atoms with Gasteiger partial charge in [0, 0.05) is 42.1 Å². The van der Waals surface area contributed by atoms with E-state index in [-0.39, 0.29) is 5.91 Å². The summed E-state index contributed by atoms with van der Waals surface area (Å²) >= 11 is 1.83. The van der Waals surface area contributed by atoms with E-state index in [4.69, 9.17) is 9.15 Å². The molecule has 0 radical (unpaired) electrons. The van der Waals surface area contributed by atoms with Gasteiger partial charge in [0.05, 0.1) is 12.7 Å². The number of fused-ring (bicyclic) bond motifs is 1. The summed E-state index contributed by atoms with van der Waals surface area (Å²) in [6, 6.07) is 6.41. The molecular formula is C15H15NO4S. The second-order valence-corrected chi connectivity index (χ2v) is 5.97. The molecule has 3 rings (SSSR count). The molecular weight excluding hydrogens is 290 g/mol. The highest BCUT2D eigenvalue weighted by atomic mass is 32.2. The first-order chi connectivity index (χ1) is 10.2. The van der Waals surface area contributed by atoms with Gasteiger partial charge in [0.1, 0.15) is 11.3 Å². The summed E-state index contributed by atoms with van der Waals surface area (Å²) in [7, 11) is 1.54. The Bertz CT molecular complexity index is 734. The van der Waals surface area contributed by atoms with E-state index in [9.17, 15) is 9.59 Å². The van der Waals surface area contributed by atoms with Gasteiger partial charge in [-0.1, -0.05) is 0 Å². The van der Waals surface area contributed by atoms with Crippen LogP contribution in [0.5, 0.6) is 5.75 Å². The topological polar surface area (TPSA) is 59.8 Å². The predicted octanol–water partition coefficient (Wildman–Crippen LogP) is 1.99. The molecule has 0 atom stereocenters. The molecule has 2 aromatic rings. The van der Waals surface area contributed by atoms with E-state index < -0.39 is 5.63 Å². The van der Waals surface area contributed by atoms with Crippen LogP contribution < -0.4 is 10.4 Å². The molecule has 1 aromatic heterocycles. The fourth-order valence-electron chi connectivity index (χ4n) is 2.38. The number of hydrogen-bond acceptors (Lipinski definition) is 5. The third-order valence-electron chi connectivity index (χ3n) is 3.48. The molecule has 6 heteroatoms. The van der Waals surface area contributed by atoms with Gasteiger partial charge in [-0.3, -0.25) is 4.79 Å². The van der Waals surface area contributed by atoms with Crippen LogP contribution in [0.1, 0.15) is 10.4 Å². The zero-order valence-corrected chi connectivity index (χ0v) is 12.4. The van der Waals surface area contributed by atoms with Crippen molar-refractivity contribution in [2.75, 3.05) is 31.7 Å². The molecule has 0 N–H and O–H groups in total. The lowest BCUT2D eigenvalue weighted by Gasteiger charge is -2.26.